The highest BCUT2D eigenvalue weighted by Crippen LogP contribution is 2.23. The second kappa shape index (κ2) is 5.41. The number of hydrogen-bond donors (Lipinski definition) is 1. The molecule has 0 aliphatic heterocycles. The number of anilines is 1. The van der Waals surface area contributed by atoms with Gasteiger partial charge in [0.25, 0.3) is 0 Å². The monoisotopic (exact) mass is 229 g/mol. The zero-order valence-corrected chi connectivity index (χ0v) is 9.71. The highest BCUT2D eigenvalue weighted by molar-refractivity contribution is 5.29. The minimum Gasteiger partial charge on any atom is -0.384 e. The molecule has 0 saturated carbocycles. The Morgan fingerprint density at radius 2 is 2.00 bits per heavy atom. The molecule has 1 atom stereocenters. The van der Waals surface area contributed by atoms with Crippen LogP contribution in [0.25, 0.3) is 0 Å². The smallest absolute Gasteiger partial charge is 0.164 e. The normalized spacial score (nSPS) is 12.3. The van der Waals surface area contributed by atoms with E-state index in [1.165, 1.54) is 0 Å². The highest BCUT2D eigenvalue weighted by atomic mass is 16.5. The van der Waals surface area contributed by atoms with Crippen molar-refractivity contribution < 1.29 is 4.74 Å². The molecule has 0 spiro atoms. The maximum atomic E-state index is 5.69. The maximum Gasteiger partial charge on any atom is 0.164 e. The molecule has 4 heteroatoms. The van der Waals surface area contributed by atoms with E-state index in [2.05, 4.69) is 9.97 Å². The van der Waals surface area contributed by atoms with E-state index in [0.29, 0.717) is 18.2 Å². The molecule has 1 heterocycles. The first kappa shape index (κ1) is 11.5. The summed E-state index contributed by atoms with van der Waals surface area (Å²) in [6.07, 6.45) is 1.39. The summed E-state index contributed by atoms with van der Waals surface area (Å²) >= 11 is 0. The topological polar surface area (TPSA) is 61.0 Å². The number of nitrogens with two attached hydrogens (primary N) is 1. The molecule has 4 nitrogen and oxygen atoms in total. The lowest BCUT2D eigenvalue weighted by atomic mass is 10.1. The first-order valence-corrected chi connectivity index (χ1v) is 5.56. The molecular formula is C13H15N3O. The molecule has 1 aromatic carbocycles. The summed E-state index contributed by atoms with van der Waals surface area (Å²) in [7, 11) is 0. The molecule has 0 radical (unpaired) electrons. The van der Waals surface area contributed by atoms with Crippen LogP contribution in [0.15, 0.2) is 42.6 Å². The lowest BCUT2D eigenvalue weighted by molar-refractivity contribution is 0.0852. The zero-order valence-electron chi connectivity index (χ0n) is 9.71. The summed E-state index contributed by atoms with van der Waals surface area (Å²) in [6.45, 7) is 2.54. The SMILES string of the molecule is CCOC(c1ccccc1)c1nccc(N)n1. The van der Waals surface area contributed by atoms with Crippen LogP contribution in [0.4, 0.5) is 5.82 Å². The Bertz CT molecular complexity index is 473. The van der Waals surface area contributed by atoms with Gasteiger partial charge in [0.15, 0.2) is 5.82 Å². The summed E-state index contributed by atoms with van der Waals surface area (Å²) in [6, 6.07) is 11.5. The quantitative estimate of drug-likeness (QED) is 0.873. The van der Waals surface area contributed by atoms with Gasteiger partial charge in [-0.15, -0.1) is 0 Å². The predicted octanol–water partition coefficient (Wildman–Crippen LogP) is 2.18. The number of hydrogen-bond acceptors (Lipinski definition) is 4. The summed E-state index contributed by atoms with van der Waals surface area (Å²) < 4.78 is 5.69. The van der Waals surface area contributed by atoms with Gasteiger partial charge in [-0.25, -0.2) is 9.97 Å². The van der Waals surface area contributed by atoms with Gasteiger partial charge >= 0.3 is 0 Å². The molecule has 1 aromatic heterocycles. The largest absolute Gasteiger partial charge is 0.384 e. The van der Waals surface area contributed by atoms with Crippen molar-refractivity contribution in [1.82, 2.24) is 9.97 Å². The van der Waals surface area contributed by atoms with Crippen LogP contribution in [0.5, 0.6) is 0 Å². The van der Waals surface area contributed by atoms with Crippen molar-refractivity contribution in [3.8, 4) is 0 Å². The first-order valence-electron chi connectivity index (χ1n) is 5.56. The average Bonchev–Trinajstić information content (AvgIpc) is 2.37. The van der Waals surface area contributed by atoms with Crippen molar-refractivity contribution in [1.29, 1.82) is 0 Å². The van der Waals surface area contributed by atoms with E-state index in [9.17, 15) is 0 Å². The van der Waals surface area contributed by atoms with Crippen LogP contribution in [-0.2, 0) is 4.74 Å². The minimum atomic E-state index is -0.260. The van der Waals surface area contributed by atoms with Crippen molar-refractivity contribution in [3.05, 3.63) is 54.0 Å². The van der Waals surface area contributed by atoms with Gasteiger partial charge in [-0.2, -0.15) is 0 Å². The van der Waals surface area contributed by atoms with Crippen LogP contribution in [-0.4, -0.2) is 16.6 Å². The van der Waals surface area contributed by atoms with E-state index in [4.69, 9.17) is 10.5 Å². The third kappa shape index (κ3) is 2.79. The third-order valence-corrected chi connectivity index (χ3v) is 2.37. The molecule has 0 bridgehead atoms. The number of ether oxygens (including phenoxy) is 1. The molecule has 0 aliphatic carbocycles. The fourth-order valence-corrected chi connectivity index (χ4v) is 1.63. The molecular weight excluding hydrogens is 214 g/mol. The standard InChI is InChI=1S/C13H15N3O/c1-2-17-12(10-6-4-3-5-7-10)13-15-9-8-11(14)16-13/h3-9,12H,2H2,1H3,(H2,14,15,16). The number of aromatic nitrogens is 2. The van der Waals surface area contributed by atoms with Crippen LogP contribution >= 0.6 is 0 Å². The van der Waals surface area contributed by atoms with Crippen LogP contribution in [0.2, 0.25) is 0 Å². The number of rotatable bonds is 4. The molecule has 1 unspecified atom stereocenters. The second-order valence-corrected chi connectivity index (χ2v) is 3.59. The van der Waals surface area contributed by atoms with E-state index < -0.39 is 0 Å². The molecule has 2 N–H and O–H groups in total. The Kier molecular flexibility index (Phi) is 3.67. The number of nitrogens with zero attached hydrogens (tertiary/aromatic N) is 2. The molecule has 17 heavy (non-hydrogen) atoms. The van der Waals surface area contributed by atoms with E-state index in [-0.39, 0.29) is 6.10 Å². The van der Waals surface area contributed by atoms with Gasteiger partial charge in [0, 0.05) is 12.8 Å². The van der Waals surface area contributed by atoms with Gasteiger partial charge in [0.1, 0.15) is 11.9 Å². The Hall–Kier alpha value is -1.94. The summed E-state index contributed by atoms with van der Waals surface area (Å²) in [4.78, 5) is 8.43. The highest BCUT2D eigenvalue weighted by Gasteiger charge is 2.16. The maximum absolute atomic E-state index is 5.69. The number of benzene rings is 1. The van der Waals surface area contributed by atoms with E-state index >= 15 is 0 Å². The third-order valence-electron chi connectivity index (χ3n) is 2.37. The van der Waals surface area contributed by atoms with Crippen molar-refractivity contribution >= 4 is 5.82 Å². The van der Waals surface area contributed by atoms with Crippen LogP contribution < -0.4 is 5.73 Å². The van der Waals surface area contributed by atoms with Gasteiger partial charge in [-0.05, 0) is 18.6 Å². The van der Waals surface area contributed by atoms with Crippen molar-refractivity contribution in [2.75, 3.05) is 12.3 Å². The van der Waals surface area contributed by atoms with Gasteiger partial charge in [0.05, 0.1) is 0 Å². The lowest BCUT2D eigenvalue weighted by Gasteiger charge is -2.16. The van der Waals surface area contributed by atoms with Gasteiger partial charge in [-0.3, -0.25) is 0 Å². The summed E-state index contributed by atoms with van der Waals surface area (Å²) in [5.74, 6) is 1.05. The Morgan fingerprint density at radius 3 is 2.65 bits per heavy atom. The Balaban J connectivity index is 2.35. The first-order chi connectivity index (χ1) is 8.31. The molecule has 0 saturated heterocycles. The van der Waals surface area contributed by atoms with E-state index in [1.54, 1.807) is 12.3 Å². The Labute approximate surface area is 100 Å². The summed E-state index contributed by atoms with van der Waals surface area (Å²) in [5, 5.41) is 0. The van der Waals surface area contributed by atoms with Crippen molar-refractivity contribution in [2.24, 2.45) is 0 Å². The molecule has 88 valence electrons. The molecule has 0 aliphatic rings. The van der Waals surface area contributed by atoms with E-state index in [1.807, 2.05) is 37.3 Å². The van der Waals surface area contributed by atoms with Crippen LogP contribution in [0.1, 0.15) is 24.4 Å². The van der Waals surface area contributed by atoms with Crippen LogP contribution in [0, 0.1) is 0 Å². The average molecular weight is 229 g/mol. The molecule has 2 aromatic rings. The molecule has 0 amide bonds. The minimum absolute atomic E-state index is 0.260. The fourth-order valence-electron chi connectivity index (χ4n) is 1.63. The zero-order chi connectivity index (χ0) is 12.1. The van der Waals surface area contributed by atoms with Gasteiger partial charge in [-0.1, -0.05) is 30.3 Å². The second-order valence-electron chi connectivity index (χ2n) is 3.59. The van der Waals surface area contributed by atoms with E-state index in [0.717, 1.165) is 5.56 Å². The Morgan fingerprint density at radius 1 is 1.24 bits per heavy atom. The lowest BCUT2D eigenvalue weighted by Crippen LogP contribution is -2.11. The van der Waals surface area contributed by atoms with Crippen molar-refractivity contribution in [2.45, 2.75) is 13.0 Å². The number of nitrogen functional groups attached to an aromatic ring is 1. The predicted molar refractivity (Wildman–Crippen MR) is 66.4 cm³/mol. The molecule has 0 fully saturated rings. The van der Waals surface area contributed by atoms with Crippen LogP contribution in [0.3, 0.4) is 0 Å². The fraction of sp³-hybridized carbons (Fsp3) is 0.231. The molecule has 2 rings (SSSR count). The van der Waals surface area contributed by atoms with Gasteiger partial charge in [0.2, 0.25) is 0 Å². The van der Waals surface area contributed by atoms with Gasteiger partial charge < -0.3 is 10.5 Å². The summed E-state index contributed by atoms with van der Waals surface area (Å²) in [5.41, 5.74) is 6.69. The van der Waals surface area contributed by atoms with Crippen molar-refractivity contribution in [3.63, 3.8) is 0 Å².